The van der Waals surface area contributed by atoms with Gasteiger partial charge in [0.05, 0.1) is 5.52 Å². The molecule has 70 valence electrons. The predicted octanol–water partition coefficient (Wildman–Crippen LogP) is 2.34. The first-order valence-electron chi connectivity index (χ1n) is 4.26. The maximum absolute atomic E-state index is 4.18. The number of benzene rings is 1. The first-order chi connectivity index (χ1) is 5.97. The maximum Gasteiger partial charge on any atom is 0.0701 e. The Morgan fingerprint density at radius 2 is 1.54 bits per heavy atom. The molecule has 1 aromatic heterocycles. The van der Waals surface area contributed by atoms with Crippen LogP contribution in [0.3, 0.4) is 0 Å². The summed E-state index contributed by atoms with van der Waals surface area (Å²) < 4.78 is 0. The number of fused-ring (bicyclic) bond motifs is 1. The zero-order chi connectivity index (χ0) is 8.81. The second-order valence-corrected chi connectivity index (χ2v) is 2.20. The quantitative estimate of drug-likeness (QED) is 0.644. The third-order valence-electron chi connectivity index (χ3n) is 1.51. The Kier molecular flexibility index (Phi) is 6.21. The van der Waals surface area contributed by atoms with Crippen molar-refractivity contribution in [3.63, 3.8) is 0 Å². The first-order valence-corrected chi connectivity index (χ1v) is 4.26. The number of pyridine rings is 1. The molecule has 1 heterocycles. The van der Waals surface area contributed by atoms with Gasteiger partial charge in [-0.3, -0.25) is 4.98 Å². The van der Waals surface area contributed by atoms with Crippen LogP contribution < -0.4 is 0 Å². The summed E-state index contributed by atoms with van der Waals surface area (Å²) in [5.41, 5.74) is 1.06. The van der Waals surface area contributed by atoms with E-state index in [4.69, 9.17) is 0 Å². The molecule has 13 heavy (non-hydrogen) atoms. The topological polar surface area (TPSA) is 12.9 Å². The molecule has 0 aliphatic heterocycles. The van der Waals surface area contributed by atoms with E-state index in [0.717, 1.165) is 5.52 Å². The van der Waals surface area contributed by atoms with E-state index in [0.29, 0.717) is 0 Å². The van der Waals surface area contributed by atoms with Gasteiger partial charge >= 0.3 is 17.1 Å². The van der Waals surface area contributed by atoms with Crippen LogP contribution >= 0.6 is 0 Å². The van der Waals surface area contributed by atoms with Crippen molar-refractivity contribution < 1.29 is 0 Å². The Morgan fingerprint density at radius 1 is 0.923 bits per heavy atom. The summed E-state index contributed by atoms with van der Waals surface area (Å²) in [7, 11) is 0. The fraction of sp³-hybridized carbons (Fsp3) is 0.182. The van der Waals surface area contributed by atoms with Crippen molar-refractivity contribution in [1.29, 1.82) is 0 Å². The van der Waals surface area contributed by atoms with E-state index >= 15 is 0 Å². The van der Waals surface area contributed by atoms with Crippen LogP contribution in [0.5, 0.6) is 0 Å². The first kappa shape index (κ1) is 12.1. The van der Waals surface area contributed by atoms with Crippen molar-refractivity contribution in [2.45, 2.75) is 13.8 Å². The van der Waals surface area contributed by atoms with Gasteiger partial charge in [0.1, 0.15) is 0 Å². The minimum Gasteiger partial charge on any atom is -0.256 e. The molecule has 1 aromatic carbocycles. The van der Waals surface area contributed by atoms with Gasteiger partial charge in [0, 0.05) is 11.6 Å². The zero-order valence-electron chi connectivity index (χ0n) is 7.99. The minimum atomic E-state index is 0. The standard InChI is InChI=1S/C9H7N.C2H6.H2Se/c1-2-6-9-8(4-1)5-3-7-10-9;1-2;/h1-7H;1-2H3;1H2. The molecule has 0 N–H and O–H groups in total. The molecule has 0 fully saturated rings. The molecule has 2 aromatic rings. The Labute approximate surface area is 89.7 Å². The predicted molar refractivity (Wildman–Crippen MR) is 61.6 cm³/mol. The summed E-state index contributed by atoms with van der Waals surface area (Å²) in [5, 5.41) is 1.20. The molecule has 0 saturated heterocycles. The van der Waals surface area contributed by atoms with Gasteiger partial charge < -0.3 is 0 Å². The molecule has 0 aliphatic carbocycles. The van der Waals surface area contributed by atoms with Gasteiger partial charge in [-0.2, -0.15) is 0 Å². The number of para-hydroxylation sites is 1. The molecule has 1 nitrogen and oxygen atoms in total. The SMILES string of the molecule is CC.[SeH2].c1ccc2ncccc2c1. The molecular weight excluding hydrogens is 225 g/mol. The van der Waals surface area contributed by atoms with Crippen LogP contribution in [-0.2, 0) is 0 Å². The van der Waals surface area contributed by atoms with E-state index in [1.165, 1.54) is 5.39 Å². The molecule has 0 aliphatic rings. The van der Waals surface area contributed by atoms with Gasteiger partial charge in [-0.1, -0.05) is 38.1 Å². The molecule has 0 radical (unpaired) electrons. The van der Waals surface area contributed by atoms with Crippen LogP contribution in [0.2, 0.25) is 0 Å². The van der Waals surface area contributed by atoms with E-state index in [1.807, 2.05) is 44.3 Å². The summed E-state index contributed by atoms with van der Waals surface area (Å²) in [6.07, 6.45) is 1.81. The zero-order valence-corrected chi connectivity index (χ0v) is 10.1. The normalized spacial score (nSPS) is 8.15. The molecule has 0 atom stereocenters. The van der Waals surface area contributed by atoms with Crippen LogP contribution in [0.15, 0.2) is 42.6 Å². The van der Waals surface area contributed by atoms with Crippen molar-refractivity contribution in [3.8, 4) is 0 Å². The maximum atomic E-state index is 4.18. The second-order valence-electron chi connectivity index (χ2n) is 2.20. The number of nitrogens with zero attached hydrogens (tertiary/aromatic N) is 1. The van der Waals surface area contributed by atoms with Gasteiger partial charge in [0.15, 0.2) is 0 Å². The van der Waals surface area contributed by atoms with Crippen molar-refractivity contribution >= 4 is 28.0 Å². The Bertz CT molecular complexity index is 281. The molecular formula is C11H15NSe. The van der Waals surface area contributed by atoms with Crippen LogP contribution in [-0.4, -0.2) is 22.1 Å². The summed E-state index contributed by atoms with van der Waals surface area (Å²) in [4.78, 5) is 4.18. The molecule has 0 saturated carbocycles. The van der Waals surface area contributed by atoms with Crippen LogP contribution in [0.1, 0.15) is 13.8 Å². The average molecular weight is 240 g/mol. The van der Waals surface area contributed by atoms with Crippen LogP contribution in [0.4, 0.5) is 0 Å². The number of aromatic nitrogens is 1. The van der Waals surface area contributed by atoms with Crippen LogP contribution in [0, 0.1) is 0 Å². The summed E-state index contributed by atoms with van der Waals surface area (Å²) >= 11 is 0. The summed E-state index contributed by atoms with van der Waals surface area (Å²) in [5.74, 6) is 0. The molecule has 0 spiro atoms. The Hall–Kier alpha value is -0.851. The van der Waals surface area contributed by atoms with Gasteiger partial charge in [-0.15, -0.1) is 0 Å². The van der Waals surface area contributed by atoms with E-state index in [2.05, 4.69) is 17.1 Å². The average Bonchev–Trinajstić information content (AvgIpc) is 2.21. The Morgan fingerprint density at radius 3 is 2.23 bits per heavy atom. The van der Waals surface area contributed by atoms with Crippen molar-refractivity contribution in [2.75, 3.05) is 0 Å². The largest absolute Gasteiger partial charge is 0.256 e. The molecule has 0 bridgehead atoms. The van der Waals surface area contributed by atoms with Crippen molar-refractivity contribution in [2.24, 2.45) is 0 Å². The van der Waals surface area contributed by atoms with Gasteiger partial charge in [-0.25, -0.2) is 0 Å². The third-order valence-corrected chi connectivity index (χ3v) is 1.51. The molecule has 2 heteroatoms. The van der Waals surface area contributed by atoms with Gasteiger partial charge in [0.2, 0.25) is 0 Å². The van der Waals surface area contributed by atoms with E-state index in [1.54, 1.807) is 0 Å². The number of hydrogen-bond donors (Lipinski definition) is 0. The monoisotopic (exact) mass is 241 g/mol. The molecule has 0 unspecified atom stereocenters. The van der Waals surface area contributed by atoms with Crippen molar-refractivity contribution in [3.05, 3.63) is 42.6 Å². The molecule has 0 amide bonds. The van der Waals surface area contributed by atoms with E-state index < -0.39 is 0 Å². The summed E-state index contributed by atoms with van der Waals surface area (Å²) in [6, 6.07) is 12.1. The Balaban J connectivity index is 0.000000451. The number of hydrogen-bond acceptors (Lipinski definition) is 1. The smallest absolute Gasteiger partial charge is 0.0701 e. The fourth-order valence-electron chi connectivity index (χ4n) is 1.02. The van der Waals surface area contributed by atoms with E-state index in [9.17, 15) is 0 Å². The van der Waals surface area contributed by atoms with E-state index in [-0.39, 0.29) is 17.1 Å². The van der Waals surface area contributed by atoms with Gasteiger partial charge in [-0.05, 0) is 12.1 Å². The fourth-order valence-corrected chi connectivity index (χ4v) is 1.02. The third kappa shape index (κ3) is 3.17. The van der Waals surface area contributed by atoms with Crippen LogP contribution in [0.25, 0.3) is 10.9 Å². The van der Waals surface area contributed by atoms with Gasteiger partial charge in [0.25, 0.3) is 0 Å². The minimum absolute atomic E-state index is 0. The number of rotatable bonds is 0. The molecule has 2 rings (SSSR count). The van der Waals surface area contributed by atoms with Crippen molar-refractivity contribution in [1.82, 2.24) is 4.98 Å². The summed E-state index contributed by atoms with van der Waals surface area (Å²) in [6.45, 7) is 4.00. The second kappa shape index (κ2) is 6.64.